The molecule has 4 heteroatoms. The molecule has 0 saturated carbocycles. The number of hydrogen-bond donors (Lipinski definition) is 1. The molecular weight excluding hydrogens is 87.9 g/mol. The van der Waals surface area contributed by atoms with Crippen molar-refractivity contribution in [2.75, 3.05) is 0 Å². The minimum Gasteiger partial charge on any atom is -0.344 e. The summed E-state index contributed by atoms with van der Waals surface area (Å²) in [6, 6.07) is 0. The SMILES string of the molecule is B.N.P.S. The van der Waals surface area contributed by atoms with Crippen LogP contribution in [0.25, 0.3) is 0 Å². The minimum absolute atomic E-state index is 0. The van der Waals surface area contributed by atoms with Crippen molar-refractivity contribution in [1.29, 1.82) is 0 Å². The molecule has 0 fully saturated rings. The standard InChI is InChI=1S/BH3.H3N.H3P.H2S/h3*1H3;1H2. The number of rotatable bonds is 0. The van der Waals surface area contributed by atoms with Crippen LogP contribution in [0, 0.1) is 0 Å². The number of hydrogen-bond acceptors (Lipinski definition) is 1. The molecular formula is H11BNPS. The summed E-state index contributed by atoms with van der Waals surface area (Å²) in [4.78, 5) is 0. The van der Waals surface area contributed by atoms with E-state index in [0.717, 1.165) is 0 Å². The van der Waals surface area contributed by atoms with Crippen LogP contribution >= 0.6 is 23.4 Å². The highest BCUT2D eigenvalue weighted by molar-refractivity contribution is 7.59. The van der Waals surface area contributed by atoms with E-state index in [9.17, 15) is 0 Å². The Morgan fingerprint density at radius 1 is 1.00 bits per heavy atom. The first kappa shape index (κ1) is 107. The lowest BCUT2D eigenvalue weighted by Crippen LogP contribution is -0.481. The van der Waals surface area contributed by atoms with Crippen molar-refractivity contribution < 1.29 is 0 Å². The van der Waals surface area contributed by atoms with Crippen LogP contribution < -0.4 is 6.15 Å². The molecule has 0 aliphatic heterocycles. The summed E-state index contributed by atoms with van der Waals surface area (Å²) >= 11 is 0. The molecule has 0 heterocycles. The first-order valence-electron chi connectivity index (χ1n) is 0. The van der Waals surface area contributed by atoms with Crippen molar-refractivity contribution in [2.24, 2.45) is 0 Å². The van der Waals surface area contributed by atoms with Crippen molar-refractivity contribution in [2.45, 2.75) is 0 Å². The molecule has 1 atom stereocenters. The van der Waals surface area contributed by atoms with E-state index in [0.29, 0.717) is 0 Å². The third kappa shape index (κ3) is 14.1. The summed E-state index contributed by atoms with van der Waals surface area (Å²) in [5.74, 6) is 0. The maximum atomic E-state index is 0. The van der Waals surface area contributed by atoms with Crippen molar-refractivity contribution in [3.05, 3.63) is 0 Å². The maximum absolute atomic E-state index is 0. The molecule has 1 nitrogen and oxygen atoms in total. The van der Waals surface area contributed by atoms with E-state index in [-0.39, 0.29) is 38.0 Å². The van der Waals surface area contributed by atoms with E-state index in [1.165, 1.54) is 0 Å². The second kappa shape index (κ2) is 46.2. The van der Waals surface area contributed by atoms with Gasteiger partial charge >= 0.3 is 0 Å². The van der Waals surface area contributed by atoms with Gasteiger partial charge < -0.3 is 6.15 Å². The van der Waals surface area contributed by atoms with Crippen LogP contribution in [-0.4, -0.2) is 8.41 Å². The lowest BCUT2D eigenvalue weighted by molar-refractivity contribution is 2.13. The monoisotopic (exact) mass is 99.0 g/mol. The minimum atomic E-state index is 0. The Kier molecular flexibility index (Phi) is 1240. The first-order valence-corrected chi connectivity index (χ1v) is 0. The third-order valence-corrected chi connectivity index (χ3v) is 0. The van der Waals surface area contributed by atoms with Crippen LogP contribution in [-0.2, 0) is 0 Å². The molecule has 1 unspecified atom stereocenters. The summed E-state index contributed by atoms with van der Waals surface area (Å²) in [5, 5.41) is 0. The third-order valence-electron chi connectivity index (χ3n) is 0. The Balaban J connectivity index is 0. The molecule has 0 radical (unpaired) electrons. The molecule has 30 valence electrons. The zero-order valence-corrected chi connectivity index (χ0v) is 4.33. The molecule has 3 N–H and O–H groups in total. The van der Waals surface area contributed by atoms with Gasteiger partial charge in [0.2, 0.25) is 0 Å². The second-order valence-corrected chi connectivity index (χ2v) is 0. The van der Waals surface area contributed by atoms with E-state index < -0.39 is 0 Å². The highest BCUT2D eigenvalue weighted by Crippen LogP contribution is 0.861. The molecule has 0 aromatic heterocycles. The van der Waals surface area contributed by atoms with Crippen LogP contribution in [0.5, 0.6) is 0 Å². The highest BCUT2D eigenvalue weighted by atomic mass is 32.1. The molecule has 4 heavy (non-hydrogen) atoms. The summed E-state index contributed by atoms with van der Waals surface area (Å²) in [6.07, 6.45) is 0. The van der Waals surface area contributed by atoms with Gasteiger partial charge in [-0.05, 0) is 0 Å². The molecule has 0 aliphatic rings. The van der Waals surface area contributed by atoms with E-state index in [4.69, 9.17) is 0 Å². The van der Waals surface area contributed by atoms with Gasteiger partial charge in [0.1, 0.15) is 0 Å². The largest absolute Gasteiger partial charge is 0.344 e. The summed E-state index contributed by atoms with van der Waals surface area (Å²) < 4.78 is 0. The zero-order valence-electron chi connectivity index (χ0n) is 1.91. The van der Waals surface area contributed by atoms with Gasteiger partial charge in [-0.3, -0.25) is 0 Å². The van der Waals surface area contributed by atoms with Crippen molar-refractivity contribution in [3.8, 4) is 0 Å². The van der Waals surface area contributed by atoms with E-state index >= 15 is 0 Å². The Morgan fingerprint density at radius 2 is 1.00 bits per heavy atom. The van der Waals surface area contributed by atoms with Crippen molar-refractivity contribution >= 4 is 31.8 Å². The lowest BCUT2D eigenvalue weighted by atomic mass is 10.8. The van der Waals surface area contributed by atoms with Gasteiger partial charge in [0.25, 0.3) is 0 Å². The van der Waals surface area contributed by atoms with Gasteiger partial charge in [0, 0.05) is 0 Å². The van der Waals surface area contributed by atoms with Crippen LogP contribution in [0.2, 0.25) is 0 Å². The lowest BCUT2D eigenvalue weighted by Gasteiger charge is -0.344. The highest BCUT2D eigenvalue weighted by Gasteiger charge is 0.0814. The second-order valence-electron chi connectivity index (χ2n) is 0. The quantitative estimate of drug-likeness (QED) is 0.311. The fourth-order valence-corrected chi connectivity index (χ4v) is 0. The Labute approximate surface area is 38.8 Å². The van der Waals surface area contributed by atoms with Gasteiger partial charge in [-0.25, -0.2) is 0 Å². The topological polar surface area (TPSA) is 35.0 Å². The van der Waals surface area contributed by atoms with Crippen LogP contribution in [0.15, 0.2) is 0 Å². The normalized spacial score (nSPS) is 0. The van der Waals surface area contributed by atoms with Crippen LogP contribution in [0.3, 0.4) is 0 Å². The van der Waals surface area contributed by atoms with Gasteiger partial charge in [-0.1, -0.05) is 0 Å². The van der Waals surface area contributed by atoms with Gasteiger partial charge in [0.05, 0.1) is 8.41 Å². The van der Waals surface area contributed by atoms with Crippen LogP contribution in [0.1, 0.15) is 0 Å². The van der Waals surface area contributed by atoms with Crippen molar-refractivity contribution in [1.82, 2.24) is 6.15 Å². The Morgan fingerprint density at radius 3 is 1.00 bits per heavy atom. The molecule has 0 bridgehead atoms. The predicted molar refractivity (Wildman–Crippen MR) is 36.4 cm³/mol. The fraction of sp³-hybridized carbons (Fsp3) is 0. The summed E-state index contributed by atoms with van der Waals surface area (Å²) in [6.45, 7) is 0. The fourth-order valence-electron chi connectivity index (χ4n) is 0. The molecule has 0 aromatic carbocycles. The van der Waals surface area contributed by atoms with Crippen LogP contribution in [0.4, 0.5) is 0 Å². The van der Waals surface area contributed by atoms with Gasteiger partial charge in [-0.2, -0.15) is 23.4 Å². The molecule has 0 spiro atoms. The average Bonchev–Trinajstić information content (AvgIpc) is 0. The maximum Gasteiger partial charge on any atom is 0.0814 e. The molecule has 0 rings (SSSR count). The van der Waals surface area contributed by atoms with E-state index in [1.807, 2.05) is 0 Å². The van der Waals surface area contributed by atoms with E-state index in [2.05, 4.69) is 0 Å². The summed E-state index contributed by atoms with van der Waals surface area (Å²) in [7, 11) is 0. The molecule has 0 aromatic rings. The van der Waals surface area contributed by atoms with Gasteiger partial charge in [-0.15, -0.1) is 0 Å². The zero-order chi connectivity index (χ0) is 0. The average molecular weight is 98.9 g/mol. The Hall–Kier alpha value is 0.805. The molecule has 0 saturated heterocycles. The first-order chi connectivity index (χ1) is 0. The molecule has 0 amide bonds. The van der Waals surface area contributed by atoms with Gasteiger partial charge in [0.15, 0.2) is 0 Å². The van der Waals surface area contributed by atoms with E-state index in [1.54, 1.807) is 0 Å². The smallest absolute Gasteiger partial charge is 0.0814 e. The predicted octanol–water partition coefficient (Wildman–Crippen LogP) is -0.851. The summed E-state index contributed by atoms with van der Waals surface area (Å²) in [5.41, 5.74) is 0. The van der Waals surface area contributed by atoms with Crippen molar-refractivity contribution in [3.63, 3.8) is 0 Å². The molecule has 0 aliphatic carbocycles. The Bertz CT molecular complexity index is 8.00.